The molecule has 0 spiro atoms. The Balaban J connectivity index is 1.27. The molecule has 1 fully saturated rings. The van der Waals surface area contributed by atoms with E-state index >= 15 is 0 Å². The average Bonchev–Trinajstić information content (AvgIpc) is 3.84. The molecule has 0 amide bonds. The molecule has 2 N–H and O–H groups in total. The number of ketones is 1. The summed E-state index contributed by atoms with van der Waals surface area (Å²) in [5, 5.41) is 21.9. The molecule has 9 heteroatoms. The Bertz CT molecular complexity index is 2020. The molecular formula is C35H38N6O2S. The smallest absolute Gasteiger partial charge is 0.202 e. The number of benzene rings is 2. The summed E-state index contributed by atoms with van der Waals surface area (Å²) in [5.41, 5.74) is 7.61. The maximum Gasteiger partial charge on any atom is 0.202 e. The zero-order chi connectivity index (χ0) is 29.9. The number of aromatic hydroxyl groups is 1. The third-order valence-corrected chi connectivity index (χ3v) is 10.7. The predicted octanol–water partition coefficient (Wildman–Crippen LogP) is 6.19. The molecule has 1 aliphatic carbocycles. The fourth-order valence-corrected chi connectivity index (χ4v) is 8.33. The first kappa shape index (κ1) is 27.6. The number of carbonyl (C=O) groups excluding carboxylic acids is 1. The normalized spacial score (nSPS) is 15.9. The van der Waals surface area contributed by atoms with Gasteiger partial charge in [-0.25, -0.2) is 0 Å². The van der Waals surface area contributed by atoms with Gasteiger partial charge in [0.05, 0.1) is 21.5 Å². The number of rotatable bonds is 8. The SMILES string of the molecule is CCN1CCN(CCCCn2c3ccc(C(=O)c4cccs4)cc3c3c4c[nH]c(O)c4c4c(c32)CCc2nn(C)cc2-4)CC1. The highest BCUT2D eigenvalue weighted by Gasteiger charge is 2.30. The Morgan fingerprint density at radius 2 is 1.84 bits per heavy atom. The van der Waals surface area contributed by atoms with Crippen LogP contribution in [0.4, 0.5) is 0 Å². The molecule has 2 aromatic carbocycles. The van der Waals surface area contributed by atoms with Gasteiger partial charge in [-0.3, -0.25) is 9.48 Å². The molecule has 226 valence electrons. The Hall–Kier alpha value is -3.92. The van der Waals surface area contributed by atoms with Crippen molar-refractivity contribution in [1.82, 2.24) is 29.1 Å². The number of H-pyrrole nitrogens is 1. The average molecular weight is 607 g/mol. The number of unbranched alkanes of at least 4 members (excludes halogenated alkanes) is 1. The number of carbonyl (C=O) groups is 1. The lowest BCUT2D eigenvalue weighted by molar-refractivity contribution is 0.104. The molecule has 4 aromatic heterocycles. The highest BCUT2D eigenvalue weighted by Crippen LogP contribution is 2.49. The number of hydrogen-bond donors (Lipinski definition) is 2. The van der Waals surface area contributed by atoms with Crippen molar-refractivity contribution in [1.29, 1.82) is 0 Å². The van der Waals surface area contributed by atoms with E-state index in [9.17, 15) is 9.90 Å². The minimum Gasteiger partial charge on any atom is -0.494 e. The third-order valence-electron chi connectivity index (χ3n) is 9.84. The number of nitrogens with one attached hydrogen (secondary N) is 1. The molecule has 2 aliphatic rings. The van der Waals surface area contributed by atoms with Gasteiger partial charge in [-0.15, -0.1) is 11.3 Å². The molecule has 0 atom stereocenters. The number of piperazine rings is 1. The van der Waals surface area contributed by atoms with Gasteiger partial charge in [0, 0.05) is 90.5 Å². The first-order valence-electron chi connectivity index (χ1n) is 15.9. The molecule has 0 radical (unpaired) electrons. The molecule has 6 aromatic rings. The lowest BCUT2D eigenvalue weighted by Gasteiger charge is -2.34. The van der Waals surface area contributed by atoms with Crippen molar-refractivity contribution in [3.8, 4) is 17.0 Å². The Morgan fingerprint density at radius 3 is 2.64 bits per heavy atom. The lowest BCUT2D eigenvalue weighted by atomic mass is 9.85. The van der Waals surface area contributed by atoms with Crippen LogP contribution in [0.1, 0.15) is 46.3 Å². The molecular weight excluding hydrogens is 568 g/mol. The second kappa shape index (κ2) is 10.9. The molecule has 0 unspecified atom stereocenters. The van der Waals surface area contributed by atoms with E-state index in [1.807, 2.05) is 41.5 Å². The van der Waals surface area contributed by atoms with Crippen LogP contribution in [0, 0.1) is 0 Å². The van der Waals surface area contributed by atoms with Crippen LogP contribution in [0.25, 0.3) is 43.7 Å². The number of aromatic amines is 1. The van der Waals surface area contributed by atoms with Crippen molar-refractivity contribution in [3.05, 3.63) is 69.8 Å². The van der Waals surface area contributed by atoms with E-state index in [0.29, 0.717) is 5.56 Å². The van der Waals surface area contributed by atoms with E-state index in [2.05, 4.69) is 44.6 Å². The van der Waals surface area contributed by atoms with Crippen LogP contribution in [0.5, 0.6) is 5.88 Å². The fourth-order valence-electron chi connectivity index (χ4n) is 7.64. The van der Waals surface area contributed by atoms with Crippen molar-refractivity contribution in [2.24, 2.45) is 7.05 Å². The second-order valence-corrected chi connectivity index (χ2v) is 13.3. The van der Waals surface area contributed by atoms with E-state index in [1.54, 1.807) is 0 Å². The van der Waals surface area contributed by atoms with Gasteiger partial charge in [-0.1, -0.05) is 13.0 Å². The first-order chi connectivity index (χ1) is 21.5. The monoisotopic (exact) mass is 606 g/mol. The molecule has 0 bridgehead atoms. The summed E-state index contributed by atoms with van der Waals surface area (Å²) in [6, 6.07) is 10.0. The van der Waals surface area contributed by atoms with Crippen LogP contribution >= 0.6 is 11.3 Å². The van der Waals surface area contributed by atoms with Crippen molar-refractivity contribution in [3.63, 3.8) is 0 Å². The van der Waals surface area contributed by atoms with Gasteiger partial charge in [0.15, 0.2) is 5.88 Å². The highest BCUT2D eigenvalue weighted by molar-refractivity contribution is 7.12. The van der Waals surface area contributed by atoms with Gasteiger partial charge in [0.1, 0.15) is 0 Å². The number of fused-ring (bicyclic) bond motifs is 10. The van der Waals surface area contributed by atoms with Crippen molar-refractivity contribution in [2.75, 3.05) is 39.3 Å². The number of thiophene rings is 1. The highest BCUT2D eigenvalue weighted by atomic mass is 32.1. The largest absolute Gasteiger partial charge is 0.494 e. The predicted molar refractivity (Wildman–Crippen MR) is 178 cm³/mol. The van der Waals surface area contributed by atoms with Crippen LogP contribution in [0.15, 0.2) is 48.1 Å². The van der Waals surface area contributed by atoms with E-state index in [1.165, 1.54) is 22.4 Å². The van der Waals surface area contributed by atoms with Crippen LogP contribution in [-0.2, 0) is 26.4 Å². The standard InChI is InChI=1S/C35H38N6O2S/c1-3-39-14-16-40(17-15-39)12-4-5-13-41-28-11-8-22(34(42)29-7-6-18-44-29)19-24(28)31-25-20-36-35(43)32(25)30-23(33(31)41)9-10-27-26(30)21-38(2)37-27/h6-8,11,18-21,36,43H,3-5,9-10,12-17H2,1-2H3. The Morgan fingerprint density at radius 1 is 1.02 bits per heavy atom. The molecule has 44 heavy (non-hydrogen) atoms. The number of aryl methyl sites for hydroxylation is 4. The summed E-state index contributed by atoms with van der Waals surface area (Å²) in [4.78, 5) is 22.5. The zero-order valence-corrected chi connectivity index (χ0v) is 26.2. The summed E-state index contributed by atoms with van der Waals surface area (Å²) in [7, 11) is 1.97. The molecule has 1 saturated heterocycles. The molecule has 8 nitrogen and oxygen atoms in total. The van der Waals surface area contributed by atoms with Gasteiger partial charge in [0.2, 0.25) is 5.78 Å². The second-order valence-electron chi connectivity index (χ2n) is 12.3. The number of nitrogens with zero attached hydrogens (tertiary/aromatic N) is 5. The van der Waals surface area contributed by atoms with Crippen molar-refractivity contribution in [2.45, 2.75) is 39.2 Å². The van der Waals surface area contributed by atoms with Crippen LogP contribution < -0.4 is 0 Å². The van der Waals surface area contributed by atoms with E-state index in [-0.39, 0.29) is 11.7 Å². The number of likely N-dealkylation sites (N-methyl/N-ethyl adjacent to an activating group) is 1. The summed E-state index contributed by atoms with van der Waals surface area (Å²) in [5.74, 6) is 0.238. The maximum atomic E-state index is 13.5. The summed E-state index contributed by atoms with van der Waals surface area (Å²) in [6.45, 7) is 10.1. The number of hydrogen-bond acceptors (Lipinski definition) is 6. The quantitative estimate of drug-likeness (QED) is 0.160. The van der Waals surface area contributed by atoms with Crippen LogP contribution in [0.2, 0.25) is 0 Å². The minimum atomic E-state index is 0.0529. The molecule has 1 aliphatic heterocycles. The minimum absolute atomic E-state index is 0.0529. The molecule has 5 heterocycles. The molecule has 8 rings (SSSR count). The van der Waals surface area contributed by atoms with E-state index < -0.39 is 0 Å². The van der Waals surface area contributed by atoms with Gasteiger partial charge in [-0.05, 0) is 74.0 Å². The van der Waals surface area contributed by atoms with Crippen molar-refractivity contribution >= 4 is 49.7 Å². The summed E-state index contributed by atoms with van der Waals surface area (Å²) >= 11 is 1.48. The van der Waals surface area contributed by atoms with Crippen molar-refractivity contribution < 1.29 is 9.90 Å². The van der Waals surface area contributed by atoms with Gasteiger partial charge in [0.25, 0.3) is 0 Å². The van der Waals surface area contributed by atoms with E-state index in [0.717, 1.165) is 120 Å². The van der Waals surface area contributed by atoms with Gasteiger partial charge >= 0.3 is 0 Å². The number of aromatic nitrogens is 4. The maximum absolute atomic E-state index is 13.5. The van der Waals surface area contributed by atoms with Gasteiger partial charge in [-0.2, -0.15) is 5.10 Å². The first-order valence-corrected chi connectivity index (χ1v) is 16.8. The van der Waals surface area contributed by atoms with E-state index in [4.69, 9.17) is 5.10 Å². The fraction of sp³-hybridized carbons (Fsp3) is 0.371. The topological polar surface area (TPSA) is 82.3 Å². The van der Waals surface area contributed by atoms with Crippen LogP contribution in [-0.4, -0.2) is 79.3 Å². The lowest BCUT2D eigenvalue weighted by Crippen LogP contribution is -2.46. The Labute approximate surface area is 260 Å². The van der Waals surface area contributed by atoms with Gasteiger partial charge < -0.3 is 24.5 Å². The third kappa shape index (κ3) is 4.40. The summed E-state index contributed by atoms with van der Waals surface area (Å²) < 4.78 is 4.39. The molecule has 0 saturated carbocycles. The summed E-state index contributed by atoms with van der Waals surface area (Å²) in [6.07, 6.45) is 7.97. The Kier molecular flexibility index (Phi) is 6.85. The van der Waals surface area contributed by atoms with Crippen LogP contribution in [0.3, 0.4) is 0 Å². The zero-order valence-electron chi connectivity index (χ0n) is 25.4.